The van der Waals surface area contributed by atoms with Crippen molar-refractivity contribution >= 4 is 52.8 Å². The third-order valence-corrected chi connectivity index (χ3v) is 8.36. The molecule has 2 heterocycles. The van der Waals surface area contributed by atoms with Crippen LogP contribution < -0.4 is 14.7 Å². The molecular weight excluding hydrogens is 720 g/mol. The minimum atomic E-state index is -5.11. The first-order valence-corrected chi connectivity index (χ1v) is 16.3. The van der Waals surface area contributed by atoms with E-state index in [0.717, 1.165) is 12.1 Å². The second kappa shape index (κ2) is 18.7. The molecule has 3 aromatic rings. The standard InChI is InChI=1S/C34H38F9N5O3.Na.H/c1-2-46(10-6-4-3-5-7-30(49)50)29-9-8-25(32(35,36)37)17-24(29)22-48(31-44-19-28(20-45-31)47-11-13-51-14-12-47)21-23-15-26(33(38,39)40)18-27(16-23)34(41,42)43;;/h8-9,15-20H,2-7,10-14,21-22H2,1H3,(H,49,50);;. The first-order chi connectivity index (χ1) is 24.0. The number of halogens is 9. The number of aliphatic carboxylic acids is 1. The molecule has 0 radical (unpaired) electrons. The molecule has 1 saturated heterocycles. The number of morpholine rings is 1. The van der Waals surface area contributed by atoms with Crippen molar-refractivity contribution in [3.63, 3.8) is 0 Å². The fourth-order valence-electron chi connectivity index (χ4n) is 5.77. The summed E-state index contributed by atoms with van der Waals surface area (Å²) in [4.78, 5) is 24.5. The maximum atomic E-state index is 14.0. The SMILES string of the molecule is CCN(CCCCCCC(=O)O)c1ccc(C(F)(F)F)cc1CN(Cc1cc(C(F)(F)F)cc(C(F)(F)F)c1)c1ncc(N2CCOCC2)cn1.[NaH]. The van der Waals surface area contributed by atoms with E-state index in [4.69, 9.17) is 9.84 Å². The van der Waals surface area contributed by atoms with Crippen LogP contribution in [0.5, 0.6) is 0 Å². The first kappa shape index (κ1) is 43.1. The number of anilines is 3. The number of carboxylic acid groups (broad SMARTS) is 1. The zero-order valence-corrected chi connectivity index (χ0v) is 27.7. The van der Waals surface area contributed by atoms with E-state index in [0.29, 0.717) is 88.6 Å². The van der Waals surface area contributed by atoms with Crippen molar-refractivity contribution in [3.05, 3.63) is 76.6 Å². The van der Waals surface area contributed by atoms with Crippen LogP contribution in [0.4, 0.5) is 56.8 Å². The van der Waals surface area contributed by atoms with E-state index < -0.39 is 59.8 Å². The number of hydrogen-bond acceptors (Lipinski definition) is 7. The summed E-state index contributed by atoms with van der Waals surface area (Å²) in [6, 6.07) is 4.26. The van der Waals surface area contributed by atoms with Crippen molar-refractivity contribution in [1.29, 1.82) is 0 Å². The Morgan fingerprint density at radius 3 is 1.90 bits per heavy atom. The van der Waals surface area contributed by atoms with Crippen LogP contribution in [-0.2, 0) is 41.1 Å². The molecule has 1 aliphatic rings. The number of rotatable bonds is 15. The van der Waals surface area contributed by atoms with Crippen LogP contribution in [0.3, 0.4) is 0 Å². The van der Waals surface area contributed by atoms with Crippen molar-refractivity contribution in [3.8, 4) is 0 Å². The third-order valence-electron chi connectivity index (χ3n) is 8.36. The van der Waals surface area contributed by atoms with Gasteiger partial charge in [-0.15, -0.1) is 0 Å². The van der Waals surface area contributed by atoms with Crippen LogP contribution in [0.1, 0.15) is 66.8 Å². The monoisotopic (exact) mass is 759 g/mol. The van der Waals surface area contributed by atoms with Crippen molar-refractivity contribution in [2.24, 2.45) is 0 Å². The molecule has 0 spiro atoms. The van der Waals surface area contributed by atoms with Crippen molar-refractivity contribution < 1.29 is 54.2 Å². The minimum absolute atomic E-state index is 0. The van der Waals surface area contributed by atoms with Gasteiger partial charge in [0.05, 0.1) is 48.0 Å². The van der Waals surface area contributed by atoms with Crippen LogP contribution >= 0.6 is 0 Å². The summed E-state index contributed by atoms with van der Waals surface area (Å²) in [5.41, 5.74) is -3.39. The summed E-state index contributed by atoms with van der Waals surface area (Å²) in [7, 11) is 0. The molecule has 4 rings (SSSR count). The van der Waals surface area contributed by atoms with Crippen LogP contribution in [0.15, 0.2) is 48.8 Å². The number of unbranched alkanes of at least 4 members (excludes halogenated alkanes) is 3. The van der Waals surface area contributed by atoms with E-state index in [1.54, 1.807) is 6.92 Å². The van der Waals surface area contributed by atoms with Gasteiger partial charge in [0, 0.05) is 51.4 Å². The molecule has 0 unspecified atom stereocenters. The van der Waals surface area contributed by atoms with Crippen molar-refractivity contribution in [2.75, 3.05) is 54.1 Å². The Morgan fingerprint density at radius 2 is 1.37 bits per heavy atom. The van der Waals surface area contributed by atoms with Gasteiger partial charge >= 0.3 is 54.1 Å². The predicted molar refractivity (Wildman–Crippen MR) is 179 cm³/mol. The number of nitrogens with zero attached hydrogens (tertiary/aromatic N) is 5. The Balaban J connectivity index is 0.00000729. The van der Waals surface area contributed by atoms with Gasteiger partial charge in [-0.3, -0.25) is 4.79 Å². The second-order valence-electron chi connectivity index (χ2n) is 12.1. The normalized spacial score (nSPS) is 13.8. The van der Waals surface area contributed by atoms with Crippen LogP contribution in [-0.4, -0.2) is 90.0 Å². The van der Waals surface area contributed by atoms with Crippen molar-refractivity contribution in [2.45, 2.75) is 70.6 Å². The molecule has 0 atom stereocenters. The maximum absolute atomic E-state index is 14.0. The molecule has 0 saturated carbocycles. The molecule has 0 amide bonds. The van der Waals surface area contributed by atoms with E-state index >= 15 is 0 Å². The van der Waals surface area contributed by atoms with Gasteiger partial charge in [0.1, 0.15) is 0 Å². The van der Waals surface area contributed by atoms with E-state index in [1.807, 2.05) is 9.80 Å². The first-order valence-electron chi connectivity index (χ1n) is 16.3. The fraction of sp³-hybridized carbons (Fsp3) is 0.500. The molecule has 1 aliphatic heterocycles. The summed E-state index contributed by atoms with van der Waals surface area (Å²) in [5, 5.41) is 8.87. The molecule has 18 heteroatoms. The molecule has 8 nitrogen and oxygen atoms in total. The van der Waals surface area contributed by atoms with Crippen molar-refractivity contribution in [1.82, 2.24) is 9.97 Å². The molecule has 0 bridgehead atoms. The zero-order chi connectivity index (χ0) is 37.4. The second-order valence-corrected chi connectivity index (χ2v) is 12.1. The average Bonchev–Trinajstić information content (AvgIpc) is 3.07. The quantitative estimate of drug-likeness (QED) is 0.0957. The van der Waals surface area contributed by atoms with E-state index in [2.05, 4.69) is 9.97 Å². The summed E-state index contributed by atoms with van der Waals surface area (Å²) in [5.74, 6) is -1.04. The van der Waals surface area contributed by atoms with E-state index in [1.165, 1.54) is 23.4 Å². The molecular formula is C34H39F9N5NaO3. The number of carboxylic acids is 1. The van der Waals surface area contributed by atoms with Gasteiger partial charge in [-0.25, -0.2) is 9.97 Å². The molecule has 282 valence electrons. The van der Waals surface area contributed by atoms with Crippen LogP contribution in [0, 0.1) is 0 Å². The number of ether oxygens (including phenoxy) is 1. The Morgan fingerprint density at radius 1 is 0.788 bits per heavy atom. The Bertz CT molecular complexity index is 1570. The Hall–Kier alpha value is -3.28. The number of hydrogen-bond donors (Lipinski definition) is 1. The number of aromatic nitrogens is 2. The summed E-state index contributed by atoms with van der Waals surface area (Å²) in [6.07, 6.45) is -9.74. The topological polar surface area (TPSA) is 82.0 Å². The van der Waals surface area contributed by atoms with Gasteiger partial charge < -0.3 is 24.5 Å². The van der Waals surface area contributed by atoms with Gasteiger partial charge in [0.15, 0.2) is 0 Å². The average molecular weight is 760 g/mol. The van der Waals surface area contributed by atoms with Gasteiger partial charge in [0.2, 0.25) is 5.95 Å². The predicted octanol–water partition coefficient (Wildman–Crippen LogP) is 7.79. The Kier molecular flexibility index (Phi) is 15.5. The van der Waals surface area contributed by atoms with E-state index in [-0.39, 0.29) is 53.6 Å². The number of carbonyl (C=O) groups is 1. The summed E-state index contributed by atoms with van der Waals surface area (Å²) < 4.78 is 130. The van der Waals surface area contributed by atoms with Gasteiger partial charge in [-0.05, 0) is 67.3 Å². The summed E-state index contributed by atoms with van der Waals surface area (Å²) in [6.45, 7) is 3.49. The molecule has 0 aliphatic carbocycles. The molecule has 2 aromatic carbocycles. The fourth-order valence-corrected chi connectivity index (χ4v) is 5.77. The Labute approximate surface area is 317 Å². The molecule has 52 heavy (non-hydrogen) atoms. The van der Waals surface area contributed by atoms with E-state index in [9.17, 15) is 44.3 Å². The molecule has 1 N–H and O–H groups in total. The van der Waals surface area contributed by atoms with Crippen LogP contribution in [0.25, 0.3) is 0 Å². The number of benzene rings is 2. The molecule has 1 aromatic heterocycles. The molecule has 1 fully saturated rings. The van der Waals surface area contributed by atoms with Gasteiger partial charge in [0.25, 0.3) is 0 Å². The van der Waals surface area contributed by atoms with Crippen LogP contribution in [0.2, 0.25) is 0 Å². The zero-order valence-electron chi connectivity index (χ0n) is 27.7. The third kappa shape index (κ3) is 12.4. The van der Waals surface area contributed by atoms with Gasteiger partial charge in [-0.2, -0.15) is 39.5 Å². The van der Waals surface area contributed by atoms with Gasteiger partial charge in [-0.1, -0.05) is 12.8 Å². The number of alkyl halides is 9. The summed E-state index contributed by atoms with van der Waals surface area (Å²) >= 11 is 0.